The summed E-state index contributed by atoms with van der Waals surface area (Å²) in [6, 6.07) is 21.0. The van der Waals surface area contributed by atoms with Crippen LogP contribution in [0.25, 0.3) is 0 Å². The zero-order valence-corrected chi connectivity index (χ0v) is 31.5. The van der Waals surface area contributed by atoms with Gasteiger partial charge in [0.15, 0.2) is 23.9 Å². The predicted molar refractivity (Wildman–Crippen MR) is 201 cm³/mol. The van der Waals surface area contributed by atoms with E-state index in [0.717, 1.165) is 63.3 Å². The lowest BCUT2D eigenvalue weighted by Gasteiger charge is -2.44. The van der Waals surface area contributed by atoms with E-state index in [4.69, 9.17) is 42.1 Å². The molecule has 290 valence electrons. The molecule has 2 atom stereocenters. The molecule has 1 saturated carbocycles. The van der Waals surface area contributed by atoms with Gasteiger partial charge in [-0.05, 0) is 91.6 Å². The quantitative estimate of drug-likeness (QED) is 0.0673. The van der Waals surface area contributed by atoms with Crippen molar-refractivity contribution in [3.05, 3.63) is 123 Å². The van der Waals surface area contributed by atoms with Crippen molar-refractivity contribution < 1.29 is 42.0 Å². The fraction of sp³-hybridized carbons (Fsp3) is 0.390. The molecule has 1 unspecified atom stereocenters. The molecule has 4 aliphatic rings. The number of piperidine rings is 3. The predicted octanol–water partition coefficient (Wildman–Crippen LogP) is 8.32. The van der Waals surface area contributed by atoms with Crippen molar-refractivity contribution >= 4 is 41.0 Å². The summed E-state index contributed by atoms with van der Waals surface area (Å²) >= 11 is 12.8. The average Bonchev–Trinajstić information content (AvgIpc) is 4.00. The molecular formula is C41H41Cl2F2N3O7. The number of amides is 1. The van der Waals surface area contributed by atoms with E-state index in [1.54, 1.807) is 17.0 Å². The molecule has 2 bridgehead atoms. The molecule has 1 aliphatic carbocycles. The summed E-state index contributed by atoms with van der Waals surface area (Å²) in [6.45, 7) is 0.358. The molecule has 4 heterocycles. The van der Waals surface area contributed by atoms with Crippen LogP contribution in [0.4, 0.5) is 19.3 Å². The third kappa shape index (κ3) is 10.2. The minimum atomic E-state index is -3.07. The van der Waals surface area contributed by atoms with E-state index in [9.17, 15) is 23.6 Å². The van der Waals surface area contributed by atoms with Gasteiger partial charge < -0.3 is 24.2 Å². The van der Waals surface area contributed by atoms with Crippen LogP contribution in [0.3, 0.4) is 0 Å². The highest BCUT2D eigenvalue weighted by Gasteiger charge is 2.37. The van der Waals surface area contributed by atoms with E-state index >= 15 is 0 Å². The van der Waals surface area contributed by atoms with Crippen molar-refractivity contribution in [1.82, 2.24) is 4.90 Å². The lowest BCUT2D eigenvalue weighted by atomic mass is 9.86. The summed E-state index contributed by atoms with van der Waals surface area (Å²) in [4.78, 5) is 31.1. The van der Waals surface area contributed by atoms with Crippen molar-refractivity contribution in [2.45, 2.75) is 63.9 Å². The zero-order chi connectivity index (χ0) is 38.5. The van der Waals surface area contributed by atoms with Crippen LogP contribution in [0.15, 0.2) is 85.2 Å². The van der Waals surface area contributed by atoms with Crippen molar-refractivity contribution in [2.24, 2.45) is 11.8 Å². The van der Waals surface area contributed by atoms with Gasteiger partial charge in [0, 0.05) is 24.2 Å². The van der Waals surface area contributed by atoms with Gasteiger partial charge in [-0.1, -0.05) is 71.7 Å². The maximum absolute atomic E-state index is 13.6. The maximum Gasteiger partial charge on any atom is 0.414 e. The number of hydrogen-bond acceptors (Lipinski definition) is 8. The fourth-order valence-electron chi connectivity index (χ4n) is 7.08. The van der Waals surface area contributed by atoms with Gasteiger partial charge >= 0.3 is 18.7 Å². The number of nitrogens with zero attached hydrogens (tertiary/aromatic N) is 3. The molecule has 1 amide bonds. The minimum absolute atomic E-state index is 0.0225. The number of carbonyl (C=O) groups is 2. The van der Waals surface area contributed by atoms with Gasteiger partial charge in [0.25, 0.3) is 0 Å². The number of alkyl halides is 2. The molecule has 4 aromatic rings. The molecule has 55 heavy (non-hydrogen) atoms. The average molecular weight is 797 g/mol. The zero-order valence-electron chi connectivity index (χ0n) is 30.0. The molecule has 3 aliphatic heterocycles. The maximum atomic E-state index is 13.6. The first-order valence-electron chi connectivity index (χ1n) is 18.4. The second-order valence-corrected chi connectivity index (χ2v) is 15.1. The van der Waals surface area contributed by atoms with Gasteiger partial charge in [-0.15, -0.1) is 0 Å². The number of ether oxygens (including phenoxy) is 4. The van der Waals surface area contributed by atoms with E-state index in [2.05, 4.69) is 4.90 Å². The normalized spacial score (nSPS) is 19.5. The molecule has 0 N–H and O–H groups in total. The number of carbonyl (C=O) groups excluding carboxylic acids is 2. The smallest absolute Gasteiger partial charge is 0.414 e. The van der Waals surface area contributed by atoms with E-state index in [0.29, 0.717) is 45.6 Å². The summed E-state index contributed by atoms with van der Waals surface area (Å²) in [5.41, 5.74) is 2.99. The van der Waals surface area contributed by atoms with E-state index in [-0.39, 0.29) is 47.0 Å². The third-order valence-corrected chi connectivity index (χ3v) is 10.9. The first kappa shape index (κ1) is 38.6. The number of anilines is 1. The standard InChI is InChI=1S/C41H41Cl2F2N3O7/c42-33-22-47(51)23-34(43)32(33)20-36(30-12-13-35(54-40(44)45)37(19-30)52-25-28-10-11-28)53-39(49)18-26-6-8-27(9-7-26)21-48(31-4-2-1-3-5-31)41(50)55-38-24-46-16-14-29(38)15-17-46/h1-9,12-13,19,22-23,28-29,36,38,40H,10-11,14-18,20-21,24-25H2/t36?,38-/m0/s1. The number of pyridine rings is 1. The Morgan fingerprint density at radius 2 is 1.60 bits per heavy atom. The number of para-hydroxylation sites is 1. The molecule has 1 aromatic heterocycles. The van der Waals surface area contributed by atoms with Gasteiger partial charge in [0.2, 0.25) is 0 Å². The third-order valence-electron chi connectivity index (χ3n) is 10.3. The summed E-state index contributed by atoms with van der Waals surface area (Å²) in [5, 5.41) is 12.1. The van der Waals surface area contributed by atoms with Gasteiger partial charge in [-0.25, -0.2) is 4.79 Å². The molecule has 4 fully saturated rings. The van der Waals surface area contributed by atoms with Crippen LogP contribution in [0.1, 0.15) is 54.0 Å². The number of rotatable bonds is 15. The SMILES string of the molecule is O=C(Cc1ccc(CN(C(=O)O[C@H]2CN3CCC2CC3)c2ccccc2)cc1)OC(Cc1c(Cl)c[n+]([O-])cc1Cl)c1ccc(OC(F)F)c(OCC2CC2)c1. The number of halogens is 4. The molecule has 0 spiro atoms. The second-order valence-electron chi connectivity index (χ2n) is 14.3. The summed E-state index contributed by atoms with van der Waals surface area (Å²) in [5.74, 6) is 0.0550. The molecular weight excluding hydrogens is 755 g/mol. The van der Waals surface area contributed by atoms with Gasteiger partial charge in [0.05, 0.1) is 19.6 Å². The lowest BCUT2D eigenvalue weighted by molar-refractivity contribution is -0.605. The first-order valence-corrected chi connectivity index (χ1v) is 19.1. The van der Waals surface area contributed by atoms with Gasteiger partial charge in [0.1, 0.15) is 22.3 Å². The summed E-state index contributed by atoms with van der Waals surface area (Å²) in [6.07, 6.45) is 4.65. The Morgan fingerprint density at radius 1 is 0.909 bits per heavy atom. The molecule has 0 radical (unpaired) electrons. The highest BCUT2D eigenvalue weighted by molar-refractivity contribution is 6.35. The highest BCUT2D eigenvalue weighted by Crippen LogP contribution is 2.38. The van der Waals surface area contributed by atoms with Crippen LogP contribution in [-0.4, -0.2) is 55.9 Å². The topological polar surface area (TPSA) is 104 Å². The molecule has 3 aromatic carbocycles. The first-order chi connectivity index (χ1) is 26.6. The van der Waals surface area contributed by atoms with Crippen molar-refractivity contribution in [3.63, 3.8) is 0 Å². The summed E-state index contributed by atoms with van der Waals surface area (Å²) in [7, 11) is 0. The van der Waals surface area contributed by atoms with Gasteiger partial charge in [-0.3, -0.25) is 14.6 Å². The second kappa shape index (κ2) is 17.4. The fourth-order valence-corrected chi connectivity index (χ4v) is 7.68. The Morgan fingerprint density at radius 3 is 2.24 bits per heavy atom. The van der Waals surface area contributed by atoms with Crippen LogP contribution in [0, 0.1) is 17.0 Å². The van der Waals surface area contributed by atoms with Crippen molar-refractivity contribution in [3.8, 4) is 11.5 Å². The lowest BCUT2D eigenvalue weighted by Crippen LogP contribution is -2.53. The van der Waals surface area contributed by atoms with E-state index < -0.39 is 24.8 Å². The van der Waals surface area contributed by atoms with Crippen molar-refractivity contribution in [2.75, 3.05) is 31.1 Å². The Bertz CT molecular complexity index is 1940. The molecule has 8 rings (SSSR count). The van der Waals surface area contributed by atoms with Crippen LogP contribution in [0.2, 0.25) is 10.0 Å². The molecule has 3 saturated heterocycles. The number of fused-ring (bicyclic) bond motifs is 3. The largest absolute Gasteiger partial charge is 0.619 e. The van der Waals surface area contributed by atoms with Crippen LogP contribution in [0.5, 0.6) is 11.5 Å². The highest BCUT2D eigenvalue weighted by atomic mass is 35.5. The Labute approximate surface area is 328 Å². The Balaban J connectivity index is 1.06. The van der Waals surface area contributed by atoms with Gasteiger partial charge in [-0.2, -0.15) is 13.5 Å². The number of hydrogen-bond donors (Lipinski definition) is 0. The summed E-state index contributed by atoms with van der Waals surface area (Å²) < 4.78 is 49.6. The van der Waals surface area contributed by atoms with E-state index in [1.807, 2.05) is 42.5 Å². The number of esters is 1. The van der Waals surface area contributed by atoms with Crippen LogP contribution >= 0.6 is 23.2 Å². The van der Waals surface area contributed by atoms with E-state index in [1.165, 1.54) is 18.2 Å². The Kier molecular flexibility index (Phi) is 12.2. The minimum Gasteiger partial charge on any atom is -0.619 e. The Hall–Kier alpha value is -4.65. The van der Waals surface area contributed by atoms with Crippen LogP contribution < -0.4 is 19.1 Å². The van der Waals surface area contributed by atoms with Crippen LogP contribution in [-0.2, 0) is 33.7 Å². The number of aromatic nitrogens is 1. The number of benzene rings is 3. The van der Waals surface area contributed by atoms with Crippen molar-refractivity contribution in [1.29, 1.82) is 0 Å². The monoisotopic (exact) mass is 795 g/mol. The molecule has 14 heteroatoms. The molecule has 10 nitrogen and oxygen atoms in total.